The van der Waals surface area contributed by atoms with Gasteiger partial charge in [0.05, 0.1) is 0 Å². The van der Waals surface area contributed by atoms with Crippen molar-refractivity contribution in [3.63, 3.8) is 0 Å². The van der Waals surface area contributed by atoms with Gasteiger partial charge < -0.3 is 15.2 Å². The summed E-state index contributed by atoms with van der Waals surface area (Å²) < 4.78 is 11.1. The number of H-pyrrole nitrogens is 1. The quantitative estimate of drug-likeness (QED) is 0.806. The number of nitrogens with two attached hydrogens (primary N) is 1. The van der Waals surface area contributed by atoms with Crippen LogP contribution in [0.5, 0.6) is 11.5 Å². The molecule has 6 nitrogen and oxygen atoms in total. The van der Waals surface area contributed by atoms with Crippen LogP contribution in [0.4, 0.5) is 0 Å². The summed E-state index contributed by atoms with van der Waals surface area (Å²) in [4.78, 5) is 11.0. The SMILES string of the molecule is NC(=O)c1ccc2c(c1)OC(c1ccn[nH]1)O2. The summed E-state index contributed by atoms with van der Waals surface area (Å²) in [5.74, 6) is 0.580. The number of rotatable bonds is 2. The highest BCUT2D eigenvalue weighted by Crippen LogP contribution is 2.40. The van der Waals surface area contributed by atoms with Gasteiger partial charge in [0.2, 0.25) is 5.91 Å². The molecule has 86 valence electrons. The van der Waals surface area contributed by atoms with Gasteiger partial charge in [-0.2, -0.15) is 5.10 Å². The molecule has 1 aliphatic rings. The Hall–Kier alpha value is -2.50. The number of carbonyl (C=O) groups excluding carboxylic acids is 1. The number of aromatic amines is 1. The van der Waals surface area contributed by atoms with E-state index >= 15 is 0 Å². The molecule has 1 amide bonds. The lowest BCUT2D eigenvalue weighted by Crippen LogP contribution is -2.10. The van der Waals surface area contributed by atoms with Crippen LogP contribution in [0.2, 0.25) is 0 Å². The zero-order chi connectivity index (χ0) is 11.8. The maximum atomic E-state index is 11.0. The van der Waals surface area contributed by atoms with Gasteiger partial charge >= 0.3 is 0 Å². The molecule has 1 unspecified atom stereocenters. The molecule has 0 spiro atoms. The molecule has 2 aromatic rings. The van der Waals surface area contributed by atoms with E-state index in [9.17, 15) is 4.79 Å². The van der Waals surface area contributed by atoms with Crippen molar-refractivity contribution in [3.8, 4) is 11.5 Å². The standard InChI is InChI=1S/C11H9N3O3/c12-10(15)6-1-2-8-9(5-6)17-11(16-8)7-3-4-13-14-7/h1-5,11H,(H2,12,15)(H,13,14). The number of nitrogens with one attached hydrogen (secondary N) is 1. The summed E-state index contributed by atoms with van der Waals surface area (Å²) in [6.45, 7) is 0. The summed E-state index contributed by atoms with van der Waals surface area (Å²) in [6.07, 6.45) is 1.05. The largest absolute Gasteiger partial charge is 0.445 e. The molecule has 0 saturated heterocycles. The fraction of sp³-hybridized carbons (Fsp3) is 0.0909. The van der Waals surface area contributed by atoms with Crippen molar-refractivity contribution in [1.29, 1.82) is 0 Å². The molecule has 3 rings (SSSR count). The van der Waals surface area contributed by atoms with Crippen LogP contribution in [0, 0.1) is 0 Å². The molecule has 2 heterocycles. The van der Waals surface area contributed by atoms with E-state index in [0.29, 0.717) is 22.8 Å². The summed E-state index contributed by atoms with van der Waals surface area (Å²) in [5, 5.41) is 6.58. The number of fused-ring (bicyclic) bond motifs is 1. The lowest BCUT2D eigenvalue weighted by molar-refractivity contribution is 0.0446. The van der Waals surface area contributed by atoms with E-state index in [4.69, 9.17) is 15.2 Å². The molecular weight excluding hydrogens is 222 g/mol. The lowest BCUT2D eigenvalue weighted by Gasteiger charge is -2.06. The average Bonchev–Trinajstić information content (AvgIpc) is 2.96. The van der Waals surface area contributed by atoms with E-state index in [-0.39, 0.29) is 0 Å². The van der Waals surface area contributed by atoms with Crippen LogP contribution in [-0.2, 0) is 0 Å². The fourth-order valence-corrected chi connectivity index (χ4v) is 1.63. The minimum Gasteiger partial charge on any atom is -0.445 e. The number of ether oxygens (including phenoxy) is 2. The van der Waals surface area contributed by atoms with Crippen LogP contribution in [0.1, 0.15) is 22.3 Å². The lowest BCUT2D eigenvalue weighted by atomic mass is 10.2. The van der Waals surface area contributed by atoms with Gasteiger partial charge in [-0.25, -0.2) is 0 Å². The van der Waals surface area contributed by atoms with Crippen molar-refractivity contribution in [2.24, 2.45) is 5.73 Å². The van der Waals surface area contributed by atoms with Crippen LogP contribution < -0.4 is 15.2 Å². The Morgan fingerprint density at radius 2 is 2.12 bits per heavy atom. The van der Waals surface area contributed by atoms with Crippen molar-refractivity contribution in [1.82, 2.24) is 10.2 Å². The van der Waals surface area contributed by atoms with E-state index in [1.165, 1.54) is 0 Å². The van der Waals surface area contributed by atoms with Crippen LogP contribution in [0.15, 0.2) is 30.5 Å². The van der Waals surface area contributed by atoms with Gasteiger partial charge in [-0.1, -0.05) is 0 Å². The van der Waals surface area contributed by atoms with E-state index in [2.05, 4.69) is 10.2 Å². The van der Waals surface area contributed by atoms with E-state index in [0.717, 1.165) is 0 Å². The third kappa shape index (κ3) is 1.59. The summed E-state index contributed by atoms with van der Waals surface area (Å²) in [5.41, 5.74) is 6.28. The maximum absolute atomic E-state index is 11.0. The highest BCUT2D eigenvalue weighted by Gasteiger charge is 2.27. The summed E-state index contributed by atoms with van der Waals surface area (Å²) >= 11 is 0. The first-order valence-corrected chi connectivity index (χ1v) is 5.00. The molecule has 0 saturated carbocycles. The van der Waals surface area contributed by atoms with Gasteiger partial charge in [-0.15, -0.1) is 0 Å². The molecule has 1 atom stereocenters. The Balaban J connectivity index is 1.91. The molecule has 6 heteroatoms. The molecular formula is C11H9N3O3. The number of amides is 1. The summed E-state index contributed by atoms with van der Waals surface area (Å²) in [6, 6.07) is 6.57. The molecule has 0 fully saturated rings. The second kappa shape index (κ2) is 3.51. The number of nitrogens with zero attached hydrogens (tertiary/aromatic N) is 1. The zero-order valence-corrected chi connectivity index (χ0v) is 8.71. The molecule has 0 bridgehead atoms. The normalized spacial score (nSPS) is 17.1. The van der Waals surface area contributed by atoms with Gasteiger partial charge in [-0.05, 0) is 24.3 Å². The number of aromatic nitrogens is 2. The number of hydrogen-bond donors (Lipinski definition) is 2. The first-order chi connectivity index (χ1) is 8.24. The van der Waals surface area contributed by atoms with Crippen molar-refractivity contribution in [2.45, 2.75) is 6.29 Å². The van der Waals surface area contributed by atoms with Gasteiger partial charge in [0, 0.05) is 11.8 Å². The highest BCUT2D eigenvalue weighted by molar-refractivity contribution is 5.93. The second-order valence-electron chi connectivity index (χ2n) is 3.61. The highest BCUT2D eigenvalue weighted by atomic mass is 16.7. The van der Waals surface area contributed by atoms with Crippen LogP contribution in [-0.4, -0.2) is 16.1 Å². The van der Waals surface area contributed by atoms with Crippen molar-refractivity contribution in [2.75, 3.05) is 0 Å². The topological polar surface area (TPSA) is 90.2 Å². The third-order valence-corrected chi connectivity index (χ3v) is 2.47. The van der Waals surface area contributed by atoms with Crippen LogP contribution >= 0.6 is 0 Å². The number of hydrogen-bond acceptors (Lipinski definition) is 4. The van der Waals surface area contributed by atoms with Crippen molar-refractivity contribution < 1.29 is 14.3 Å². The van der Waals surface area contributed by atoms with Crippen LogP contribution in [0.3, 0.4) is 0 Å². The predicted octanol–water partition coefficient (Wildman–Crippen LogP) is 0.979. The fourth-order valence-electron chi connectivity index (χ4n) is 1.63. The Morgan fingerprint density at radius 1 is 1.29 bits per heavy atom. The Morgan fingerprint density at radius 3 is 2.82 bits per heavy atom. The minimum atomic E-state index is -0.560. The Bertz CT molecular complexity index is 565. The molecule has 17 heavy (non-hydrogen) atoms. The first kappa shape index (κ1) is 9.71. The second-order valence-corrected chi connectivity index (χ2v) is 3.61. The Kier molecular flexibility index (Phi) is 2.01. The molecule has 0 aliphatic carbocycles. The monoisotopic (exact) mass is 231 g/mol. The van der Waals surface area contributed by atoms with E-state index in [1.807, 2.05) is 0 Å². The first-order valence-electron chi connectivity index (χ1n) is 5.00. The summed E-state index contributed by atoms with van der Waals surface area (Å²) in [7, 11) is 0. The Labute approximate surface area is 96.3 Å². The van der Waals surface area contributed by atoms with Gasteiger partial charge in [0.1, 0.15) is 5.69 Å². The van der Waals surface area contributed by atoms with Gasteiger partial charge in [0.15, 0.2) is 11.5 Å². The van der Waals surface area contributed by atoms with E-state index in [1.54, 1.807) is 30.5 Å². The molecule has 3 N–H and O–H groups in total. The minimum absolute atomic E-state index is 0.387. The maximum Gasteiger partial charge on any atom is 0.284 e. The number of primary amides is 1. The smallest absolute Gasteiger partial charge is 0.284 e. The molecule has 1 aromatic heterocycles. The molecule has 1 aliphatic heterocycles. The third-order valence-electron chi connectivity index (χ3n) is 2.47. The van der Waals surface area contributed by atoms with Gasteiger partial charge in [0.25, 0.3) is 6.29 Å². The zero-order valence-electron chi connectivity index (χ0n) is 8.71. The number of benzene rings is 1. The predicted molar refractivity (Wildman–Crippen MR) is 57.5 cm³/mol. The molecule has 0 radical (unpaired) electrons. The average molecular weight is 231 g/mol. The van der Waals surface area contributed by atoms with Crippen molar-refractivity contribution in [3.05, 3.63) is 41.7 Å². The van der Waals surface area contributed by atoms with Gasteiger partial charge in [-0.3, -0.25) is 9.89 Å². The van der Waals surface area contributed by atoms with Crippen molar-refractivity contribution >= 4 is 5.91 Å². The number of carbonyl (C=O) groups is 1. The van der Waals surface area contributed by atoms with E-state index < -0.39 is 12.2 Å². The molecule has 1 aromatic carbocycles. The van der Waals surface area contributed by atoms with Crippen LogP contribution in [0.25, 0.3) is 0 Å².